The Kier molecular flexibility index (Phi) is 5.18. The summed E-state index contributed by atoms with van der Waals surface area (Å²) in [7, 11) is 1.24. The number of aromatic nitrogens is 2. The Hall–Kier alpha value is -3.01. The Morgan fingerprint density at radius 2 is 2.10 bits per heavy atom. The average molecular weight is 416 g/mol. The molecular weight excluding hydrogens is 396 g/mol. The minimum Gasteiger partial charge on any atom is -0.464 e. The molecule has 4 rings (SSSR count). The molecule has 2 aromatic heterocycles. The van der Waals surface area contributed by atoms with Gasteiger partial charge in [-0.05, 0) is 31.9 Å². The third kappa shape index (κ3) is 3.67. The highest BCUT2D eigenvalue weighted by Gasteiger charge is 2.34. The largest absolute Gasteiger partial charge is 0.464 e. The van der Waals surface area contributed by atoms with Crippen LogP contribution in [0.1, 0.15) is 50.4 Å². The first-order chi connectivity index (χ1) is 14.0. The number of likely N-dealkylation sites (tertiary alicyclic amines) is 1. The molecule has 0 bridgehead atoms. The Balaban J connectivity index is 1.69. The predicted molar refractivity (Wildman–Crippen MR) is 104 cm³/mol. The summed E-state index contributed by atoms with van der Waals surface area (Å²) >= 11 is 1.54. The predicted octanol–water partition coefficient (Wildman–Crippen LogP) is 2.57. The highest BCUT2D eigenvalue weighted by molar-refractivity contribution is 7.09. The van der Waals surface area contributed by atoms with E-state index in [4.69, 9.17) is 9.47 Å². The average Bonchev–Trinajstić information content (AvgIpc) is 3.46. The van der Waals surface area contributed by atoms with Gasteiger partial charge in [-0.1, -0.05) is 0 Å². The standard InChI is InChI=1S/C19H20N4O5S/c1-11-10-29-16(20-11)14-4-3-5-22(14)17(24)12-8-13(18(25)27-2)21-15(9-12)23-6-7-28-19(23)26/h8-10,14H,3-7H2,1-2H3/t14-/m1/s1. The Morgan fingerprint density at radius 1 is 1.28 bits per heavy atom. The number of carbonyl (C=O) groups excluding carboxylic acids is 3. The van der Waals surface area contributed by atoms with E-state index in [1.165, 1.54) is 35.5 Å². The smallest absolute Gasteiger partial charge is 0.415 e. The van der Waals surface area contributed by atoms with Gasteiger partial charge in [-0.15, -0.1) is 11.3 Å². The van der Waals surface area contributed by atoms with Crippen molar-refractivity contribution >= 4 is 35.1 Å². The summed E-state index contributed by atoms with van der Waals surface area (Å²) in [6.07, 6.45) is 1.14. The van der Waals surface area contributed by atoms with Gasteiger partial charge in [0.25, 0.3) is 5.91 Å². The maximum absolute atomic E-state index is 13.3. The number of nitrogens with zero attached hydrogens (tertiary/aromatic N) is 4. The third-order valence-corrected chi connectivity index (χ3v) is 5.99. The molecule has 4 heterocycles. The van der Waals surface area contributed by atoms with Gasteiger partial charge in [-0.2, -0.15) is 0 Å². The molecule has 10 heteroatoms. The number of amides is 2. The fourth-order valence-corrected chi connectivity index (χ4v) is 4.49. The number of carbonyl (C=O) groups is 3. The SMILES string of the molecule is COC(=O)c1cc(C(=O)N2CCC[C@@H]2c2nc(C)cs2)cc(N2CCOC2=O)n1. The van der Waals surface area contributed by atoms with Gasteiger partial charge in [-0.3, -0.25) is 9.69 Å². The molecule has 2 aromatic rings. The van der Waals surface area contributed by atoms with E-state index in [-0.39, 0.29) is 35.6 Å². The van der Waals surface area contributed by atoms with Crippen molar-refractivity contribution < 1.29 is 23.9 Å². The normalized spacial score (nSPS) is 18.8. The number of aryl methyl sites for hydroxylation is 1. The number of hydrogen-bond donors (Lipinski definition) is 0. The molecule has 2 saturated heterocycles. The summed E-state index contributed by atoms with van der Waals surface area (Å²) in [5.41, 5.74) is 1.17. The lowest BCUT2D eigenvalue weighted by molar-refractivity contribution is 0.0594. The lowest BCUT2D eigenvalue weighted by atomic mass is 10.1. The second-order valence-corrected chi connectivity index (χ2v) is 7.73. The van der Waals surface area contributed by atoms with Crippen LogP contribution in [0.3, 0.4) is 0 Å². The highest BCUT2D eigenvalue weighted by Crippen LogP contribution is 2.35. The Bertz CT molecular complexity index is 975. The summed E-state index contributed by atoms with van der Waals surface area (Å²) in [5.74, 6) is -0.719. The number of thiazole rings is 1. The number of methoxy groups -OCH3 is 1. The summed E-state index contributed by atoms with van der Waals surface area (Å²) in [4.78, 5) is 49.2. The Morgan fingerprint density at radius 3 is 2.76 bits per heavy atom. The molecule has 1 atom stereocenters. The van der Waals surface area contributed by atoms with Crippen LogP contribution in [0, 0.1) is 6.92 Å². The molecule has 2 amide bonds. The highest BCUT2D eigenvalue weighted by atomic mass is 32.1. The Labute approximate surface area is 171 Å². The molecule has 152 valence electrons. The lowest BCUT2D eigenvalue weighted by Crippen LogP contribution is -2.32. The van der Waals surface area contributed by atoms with E-state index in [0.29, 0.717) is 13.1 Å². The van der Waals surface area contributed by atoms with Crippen LogP contribution in [0.4, 0.5) is 10.6 Å². The first kappa shape index (κ1) is 19.3. The van der Waals surface area contributed by atoms with Crippen LogP contribution < -0.4 is 4.90 Å². The number of hydrogen-bond acceptors (Lipinski definition) is 8. The molecule has 29 heavy (non-hydrogen) atoms. The maximum atomic E-state index is 13.3. The van der Waals surface area contributed by atoms with Crippen molar-refractivity contribution in [1.82, 2.24) is 14.9 Å². The van der Waals surface area contributed by atoms with Gasteiger partial charge in [0.05, 0.1) is 19.7 Å². The molecule has 0 spiro atoms. The second-order valence-electron chi connectivity index (χ2n) is 6.84. The topological polar surface area (TPSA) is 102 Å². The molecule has 0 unspecified atom stereocenters. The summed E-state index contributed by atoms with van der Waals surface area (Å²) in [6.45, 7) is 3.05. The molecule has 0 aromatic carbocycles. The van der Waals surface area contributed by atoms with Crippen LogP contribution in [0.15, 0.2) is 17.5 Å². The van der Waals surface area contributed by atoms with Gasteiger partial charge in [0.2, 0.25) is 0 Å². The van der Waals surface area contributed by atoms with Crippen LogP contribution in [-0.2, 0) is 9.47 Å². The third-order valence-electron chi connectivity index (χ3n) is 4.93. The van der Waals surface area contributed by atoms with E-state index in [1.807, 2.05) is 12.3 Å². The van der Waals surface area contributed by atoms with Gasteiger partial charge in [0.15, 0.2) is 5.69 Å². The molecule has 0 aliphatic carbocycles. The monoisotopic (exact) mass is 416 g/mol. The number of pyridine rings is 1. The molecule has 2 fully saturated rings. The van der Waals surface area contributed by atoms with E-state index >= 15 is 0 Å². The number of ether oxygens (including phenoxy) is 2. The summed E-state index contributed by atoms with van der Waals surface area (Å²) in [6, 6.07) is 2.82. The van der Waals surface area contributed by atoms with E-state index < -0.39 is 12.1 Å². The first-order valence-electron chi connectivity index (χ1n) is 9.25. The van der Waals surface area contributed by atoms with Gasteiger partial charge < -0.3 is 14.4 Å². The second kappa shape index (κ2) is 7.78. The van der Waals surface area contributed by atoms with E-state index in [9.17, 15) is 14.4 Å². The quantitative estimate of drug-likeness (QED) is 0.706. The van der Waals surface area contributed by atoms with E-state index in [0.717, 1.165) is 23.5 Å². The van der Waals surface area contributed by atoms with Crippen molar-refractivity contribution in [3.05, 3.63) is 39.5 Å². The van der Waals surface area contributed by atoms with Crippen LogP contribution >= 0.6 is 11.3 Å². The van der Waals surface area contributed by atoms with Crippen molar-refractivity contribution in [2.75, 3.05) is 31.7 Å². The van der Waals surface area contributed by atoms with Crippen molar-refractivity contribution in [2.45, 2.75) is 25.8 Å². The van der Waals surface area contributed by atoms with Crippen molar-refractivity contribution in [1.29, 1.82) is 0 Å². The molecular formula is C19H20N4O5S. The number of cyclic esters (lactones) is 1. The molecule has 9 nitrogen and oxygen atoms in total. The van der Waals surface area contributed by atoms with Gasteiger partial charge in [0.1, 0.15) is 17.4 Å². The minimum atomic E-state index is -0.679. The molecule has 0 saturated carbocycles. The van der Waals surface area contributed by atoms with Crippen molar-refractivity contribution in [2.24, 2.45) is 0 Å². The summed E-state index contributed by atoms with van der Waals surface area (Å²) < 4.78 is 9.72. The molecule has 0 N–H and O–H groups in total. The van der Waals surface area contributed by atoms with Crippen molar-refractivity contribution in [3.8, 4) is 0 Å². The van der Waals surface area contributed by atoms with Gasteiger partial charge in [0, 0.05) is 23.2 Å². The summed E-state index contributed by atoms with van der Waals surface area (Å²) in [5, 5.41) is 2.87. The fraction of sp³-hybridized carbons (Fsp3) is 0.421. The minimum absolute atomic E-state index is 0.0334. The van der Waals surface area contributed by atoms with Crippen molar-refractivity contribution in [3.63, 3.8) is 0 Å². The zero-order chi connectivity index (χ0) is 20.5. The lowest BCUT2D eigenvalue weighted by Gasteiger charge is -2.24. The van der Waals surface area contributed by atoms with Crippen LogP contribution in [-0.4, -0.2) is 59.6 Å². The molecule has 2 aliphatic rings. The van der Waals surface area contributed by atoms with E-state index in [2.05, 4.69) is 9.97 Å². The van der Waals surface area contributed by atoms with Crippen LogP contribution in [0.25, 0.3) is 0 Å². The molecule has 2 aliphatic heterocycles. The number of rotatable bonds is 4. The number of esters is 1. The first-order valence-corrected chi connectivity index (χ1v) is 10.1. The zero-order valence-electron chi connectivity index (χ0n) is 16.1. The zero-order valence-corrected chi connectivity index (χ0v) is 16.9. The van der Waals surface area contributed by atoms with Crippen LogP contribution in [0.2, 0.25) is 0 Å². The van der Waals surface area contributed by atoms with Crippen LogP contribution in [0.5, 0.6) is 0 Å². The van der Waals surface area contributed by atoms with E-state index in [1.54, 1.807) is 4.90 Å². The van der Waals surface area contributed by atoms with Gasteiger partial charge >= 0.3 is 12.1 Å². The number of anilines is 1. The van der Waals surface area contributed by atoms with Gasteiger partial charge in [-0.25, -0.2) is 19.6 Å². The maximum Gasteiger partial charge on any atom is 0.415 e. The molecule has 0 radical (unpaired) electrons. The fourth-order valence-electron chi connectivity index (χ4n) is 3.55.